The van der Waals surface area contributed by atoms with Gasteiger partial charge in [0.05, 0.1) is 17.4 Å². The third kappa shape index (κ3) is 4.44. The van der Waals surface area contributed by atoms with Crippen molar-refractivity contribution in [1.29, 1.82) is 0 Å². The van der Waals surface area contributed by atoms with Crippen LogP contribution in [0.15, 0.2) is 48.5 Å². The van der Waals surface area contributed by atoms with E-state index < -0.39 is 4.92 Å². The predicted octanol–water partition coefficient (Wildman–Crippen LogP) is 3.89. The van der Waals surface area contributed by atoms with E-state index in [1.807, 2.05) is 30.3 Å². The minimum atomic E-state index is -0.467. The first-order valence-electron chi connectivity index (χ1n) is 6.28. The van der Waals surface area contributed by atoms with Crippen LogP contribution in [0.5, 0.6) is 5.75 Å². The van der Waals surface area contributed by atoms with Gasteiger partial charge in [-0.15, -0.1) is 11.6 Å². The molecule has 2 aromatic rings. The smallest absolute Gasteiger partial charge is 0.270 e. The molecule has 6 heteroatoms. The van der Waals surface area contributed by atoms with Crippen molar-refractivity contribution in [3.63, 3.8) is 0 Å². The van der Waals surface area contributed by atoms with Gasteiger partial charge in [-0.2, -0.15) is 0 Å². The number of hydrogen-bond donors (Lipinski definition) is 0. The Morgan fingerprint density at radius 1 is 1.14 bits per heavy atom. The molecular weight excluding hydrogens is 294 g/mol. The molecule has 0 spiro atoms. The third-order valence-corrected chi connectivity index (χ3v) is 3.10. The number of non-ortho nitro benzene ring substituents is 1. The zero-order valence-electron chi connectivity index (χ0n) is 11.2. The molecule has 0 unspecified atom stereocenters. The first-order chi connectivity index (χ1) is 10.2. The van der Waals surface area contributed by atoms with Crippen molar-refractivity contribution in [3.05, 3.63) is 69.8 Å². The van der Waals surface area contributed by atoms with Gasteiger partial charge in [0.15, 0.2) is 6.79 Å². The molecule has 0 aliphatic rings. The molecule has 2 rings (SSSR count). The maximum absolute atomic E-state index is 10.7. The summed E-state index contributed by atoms with van der Waals surface area (Å²) in [6, 6.07) is 14.0. The zero-order chi connectivity index (χ0) is 15.1. The number of nitro benzene ring substituents is 1. The molecule has 110 valence electrons. The van der Waals surface area contributed by atoms with Crippen molar-refractivity contribution in [2.45, 2.75) is 12.5 Å². The summed E-state index contributed by atoms with van der Waals surface area (Å²) in [5.74, 6) is 0.624. The van der Waals surface area contributed by atoms with Crippen molar-refractivity contribution in [2.24, 2.45) is 0 Å². The maximum Gasteiger partial charge on any atom is 0.270 e. The van der Waals surface area contributed by atoms with Crippen molar-refractivity contribution in [3.8, 4) is 5.75 Å². The minimum absolute atomic E-state index is 0.0109. The Kier molecular flexibility index (Phi) is 5.54. The Hall–Kier alpha value is -2.11. The van der Waals surface area contributed by atoms with Gasteiger partial charge < -0.3 is 9.47 Å². The molecule has 0 amide bonds. The lowest BCUT2D eigenvalue weighted by Gasteiger charge is -2.10. The Morgan fingerprint density at radius 2 is 1.90 bits per heavy atom. The predicted molar refractivity (Wildman–Crippen MR) is 79.4 cm³/mol. The van der Waals surface area contributed by atoms with Crippen molar-refractivity contribution in [1.82, 2.24) is 0 Å². The number of halogens is 1. The number of nitro groups is 1. The molecule has 0 fully saturated rings. The van der Waals surface area contributed by atoms with Crippen LogP contribution in [0.3, 0.4) is 0 Å². The van der Waals surface area contributed by atoms with Crippen LogP contribution in [0, 0.1) is 10.1 Å². The minimum Gasteiger partial charge on any atom is -0.467 e. The molecule has 0 N–H and O–H groups in total. The Balaban J connectivity index is 1.89. The summed E-state index contributed by atoms with van der Waals surface area (Å²) in [7, 11) is 0. The van der Waals surface area contributed by atoms with Crippen molar-refractivity contribution >= 4 is 17.3 Å². The summed E-state index contributed by atoms with van der Waals surface area (Å²) < 4.78 is 10.9. The first-order valence-corrected chi connectivity index (χ1v) is 6.82. The first kappa shape index (κ1) is 15.3. The Labute approximate surface area is 127 Å². The molecule has 0 aliphatic heterocycles. The second kappa shape index (κ2) is 7.61. The van der Waals surface area contributed by atoms with Crippen molar-refractivity contribution in [2.75, 3.05) is 6.79 Å². The summed E-state index contributed by atoms with van der Waals surface area (Å²) in [6.45, 7) is 0.487. The van der Waals surface area contributed by atoms with Crippen molar-refractivity contribution < 1.29 is 14.4 Å². The van der Waals surface area contributed by atoms with Gasteiger partial charge in [0.1, 0.15) is 5.75 Å². The van der Waals surface area contributed by atoms with Gasteiger partial charge >= 0.3 is 0 Å². The normalized spacial score (nSPS) is 10.3. The van der Waals surface area contributed by atoms with E-state index in [0.29, 0.717) is 17.9 Å². The second-order valence-corrected chi connectivity index (χ2v) is 4.55. The Bertz CT molecular complexity index is 604. The van der Waals surface area contributed by atoms with E-state index in [1.54, 1.807) is 0 Å². The molecule has 21 heavy (non-hydrogen) atoms. The number of rotatable bonds is 7. The van der Waals surface area contributed by atoms with E-state index in [1.165, 1.54) is 18.2 Å². The molecule has 0 aliphatic carbocycles. The van der Waals surface area contributed by atoms with Gasteiger partial charge in [0.25, 0.3) is 5.69 Å². The van der Waals surface area contributed by atoms with Crippen LogP contribution in [0.4, 0.5) is 5.69 Å². The average Bonchev–Trinajstić information content (AvgIpc) is 2.52. The van der Waals surface area contributed by atoms with Gasteiger partial charge in [0, 0.05) is 17.7 Å². The number of nitrogens with zero attached hydrogens (tertiary/aromatic N) is 1. The third-order valence-electron chi connectivity index (χ3n) is 2.81. The fraction of sp³-hybridized carbons (Fsp3) is 0.200. The van der Waals surface area contributed by atoms with E-state index in [2.05, 4.69) is 0 Å². The largest absolute Gasteiger partial charge is 0.467 e. The molecule has 0 bridgehead atoms. The second-order valence-electron chi connectivity index (χ2n) is 4.28. The number of benzene rings is 2. The molecule has 5 nitrogen and oxygen atoms in total. The molecule has 0 saturated carbocycles. The average molecular weight is 308 g/mol. The Morgan fingerprint density at radius 3 is 2.57 bits per heavy atom. The summed E-state index contributed by atoms with van der Waals surface area (Å²) in [5, 5.41) is 10.7. The monoisotopic (exact) mass is 307 g/mol. The van der Waals surface area contributed by atoms with E-state index in [0.717, 1.165) is 5.56 Å². The van der Waals surface area contributed by atoms with Crippen LogP contribution in [0.25, 0.3) is 0 Å². The van der Waals surface area contributed by atoms with Gasteiger partial charge in [0.2, 0.25) is 0 Å². The highest BCUT2D eigenvalue weighted by Gasteiger charge is 2.11. The standard InChI is InChI=1S/C15H14ClNO4/c16-9-13-8-14(17(18)19)6-7-15(13)21-11-20-10-12-4-2-1-3-5-12/h1-8H,9-11H2. The van der Waals surface area contributed by atoms with Crippen LogP contribution < -0.4 is 4.74 Å². The van der Waals surface area contributed by atoms with E-state index in [4.69, 9.17) is 21.1 Å². The van der Waals surface area contributed by atoms with Crippen LogP contribution in [-0.4, -0.2) is 11.7 Å². The lowest BCUT2D eigenvalue weighted by molar-refractivity contribution is -0.384. The molecular formula is C15H14ClNO4. The number of alkyl halides is 1. The van der Waals surface area contributed by atoms with Gasteiger partial charge in [-0.05, 0) is 11.6 Å². The van der Waals surface area contributed by atoms with Crippen LogP contribution in [0.2, 0.25) is 0 Å². The molecule has 0 atom stereocenters. The lowest BCUT2D eigenvalue weighted by atomic mass is 10.2. The fourth-order valence-electron chi connectivity index (χ4n) is 1.76. The SMILES string of the molecule is O=[N+]([O-])c1ccc(OCOCc2ccccc2)c(CCl)c1. The lowest BCUT2D eigenvalue weighted by Crippen LogP contribution is -2.04. The summed E-state index contributed by atoms with van der Waals surface area (Å²) in [4.78, 5) is 10.2. The molecule has 0 saturated heterocycles. The summed E-state index contributed by atoms with van der Waals surface area (Å²) in [6.07, 6.45) is 0. The molecule has 0 radical (unpaired) electrons. The topological polar surface area (TPSA) is 61.6 Å². The highest BCUT2D eigenvalue weighted by molar-refractivity contribution is 6.17. The van der Waals surface area contributed by atoms with Crippen LogP contribution in [-0.2, 0) is 17.2 Å². The quantitative estimate of drug-likeness (QED) is 0.256. The maximum atomic E-state index is 10.7. The fourth-order valence-corrected chi connectivity index (χ4v) is 1.97. The van der Waals surface area contributed by atoms with E-state index in [9.17, 15) is 10.1 Å². The highest BCUT2D eigenvalue weighted by atomic mass is 35.5. The molecule has 2 aromatic carbocycles. The number of hydrogen-bond acceptors (Lipinski definition) is 4. The van der Waals surface area contributed by atoms with Crippen LogP contribution >= 0.6 is 11.6 Å². The van der Waals surface area contributed by atoms with E-state index in [-0.39, 0.29) is 18.4 Å². The van der Waals surface area contributed by atoms with Crippen LogP contribution in [0.1, 0.15) is 11.1 Å². The van der Waals surface area contributed by atoms with Gasteiger partial charge in [-0.25, -0.2) is 0 Å². The molecule has 0 heterocycles. The van der Waals surface area contributed by atoms with E-state index >= 15 is 0 Å². The van der Waals surface area contributed by atoms with Gasteiger partial charge in [-0.1, -0.05) is 30.3 Å². The number of ether oxygens (including phenoxy) is 2. The molecule has 0 aromatic heterocycles. The zero-order valence-corrected chi connectivity index (χ0v) is 12.0. The highest BCUT2D eigenvalue weighted by Crippen LogP contribution is 2.25. The van der Waals surface area contributed by atoms with Gasteiger partial charge in [-0.3, -0.25) is 10.1 Å². The summed E-state index contributed by atoms with van der Waals surface area (Å²) in [5.41, 5.74) is 1.60. The summed E-state index contributed by atoms with van der Waals surface area (Å²) >= 11 is 5.77.